The molecule has 0 radical (unpaired) electrons. The van der Waals surface area contributed by atoms with Crippen LogP contribution in [0.3, 0.4) is 0 Å². The fourth-order valence-electron chi connectivity index (χ4n) is 3.56. The largest absolute Gasteiger partial charge is 0.496 e. The summed E-state index contributed by atoms with van der Waals surface area (Å²) >= 11 is 0. The van der Waals surface area contributed by atoms with Gasteiger partial charge in [0.05, 0.1) is 13.5 Å². The van der Waals surface area contributed by atoms with Gasteiger partial charge >= 0.3 is 11.9 Å². The molecule has 0 aromatic heterocycles. The lowest BCUT2D eigenvalue weighted by molar-refractivity contribution is -0.160. The average molecular weight is 392 g/mol. The topological polar surface area (TPSA) is 73.9 Å². The van der Waals surface area contributed by atoms with E-state index in [1.807, 2.05) is 65.8 Å². The van der Waals surface area contributed by atoms with Gasteiger partial charge in [-0.15, -0.1) is 0 Å². The van der Waals surface area contributed by atoms with Crippen molar-refractivity contribution >= 4 is 11.9 Å². The van der Waals surface area contributed by atoms with Gasteiger partial charge in [-0.05, 0) is 53.2 Å². The van der Waals surface area contributed by atoms with Gasteiger partial charge < -0.3 is 19.5 Å². The van der Waals surface area contributed by atoms with Crippen molar-refractivity contribution in [2.45, 2.75) is 71.1 Å². The second-order valence-corrected chi connectivity index (χ2v) is 9.22. The zero-order valence-electron chi connectivity index (χ0n) is 18.0. The van der Waals surface area contributed by atoms with E-state index in [0.29, 0.717) is 6.54 Å². The molecule has 0 saturated carbocycles. The van der Waals surface area contributed by atoms with Crippen LogP contribution in [0.15, 0.2) is 24.3 Å². The third kappa shape index (κ3) is 5.96. The third-order valence-electron chi connectivity index (χ3n) is 4.52. The summed E-state index contributed by atoms with van der Waals surface area (Å²) in [7, 11) is 1.62. The first-order chi connectivity index (χ1) is 12.9. The molecule has 156 valence electrons. The van der Waals surface area contributed by atoms with E-state index in [4.69, 9.17) is 14.2 Å². The van der Waals surface area contributed by atoms with Crippen LogP contribution in [0.4, 0.5) is 0 Å². The van der Waals surface area contributed by atoms with Crippen molar-refractivity contribution in [3.8, 4) is 5.75 Å². The van der Waals surface area contributed by atoms with Crippen LogP contribution in [-0.2, 0) is 19.1 Å². The summed E-state index contributed by atoms with van der Waals surface area (Å²) in [6, 6.07) is 7.12. The molecule has 0 amide bonds. The van der Waals surface area contributed by atoms with Gasteiger partial charge in [-0.3, -0.25) is 9.59 Å². The van der Waals surface area contributed by atoms with Crippen LogP contribution in [0.5, 0.6) is 5.75 Å². The van der Waals surface area contributed by atoms with Gasteiger partial charge in [-0.25, -0.2) is 0 Å². The Hall–Kier alpha value is -2.08. The molecule has 0 bridgehead atoms. The first kappa shape index (κ1) is 22.2. The predicted octanol–water partition coefficient (Wildman–Crippen LogP) is 3.44. The lowest BCUT2D eigenvalue weighted by atomic mass is 9.82. The van der Waals surface area contributed by atoms with Gasteiger partial charge in [-0.2, -0.15) is 0 Å². The Kier molecular flexibility index (Phi) is 6.75. The molecule has 1 heterocycles. The van der Waals surface area contributed by atoms with E-state index in [1.54, 1.807) is 7.11 Å². The number of nitrogens with one attached hydrogen (secondary N) is 1. The first-order valence-electron chi connectivity index (χ1n) is 9.72. The van der Waals surface area contributed by atoms with Crippen molar-refractivity contribution in [1.29, 1.82) is 0 Å². The minimum Gasteiger partial charge on any atom is -0.496 e. The minimum atomic E-state index is -0.599. The SMILES string of the molecule is COc1ccccc1[C@H]1CN[C@@H](C(=O)OC(C)(C)C)[C@H]1CC(=O)OC(C)(C)C. The molecule has 1 fully saturated rings. The molecule has 2 rings (SSSR count). The molecule has 1 aliphatic heterocycles. The van der Waals surface area contributed by atoms with Crippen molar-refractivity contribution in [3.05, 3.63) is 29.8 Å². The quantitative estimate of drug-likeness (QED) is 0.775. The number of ether oxygens (including phenoxy) is 3. The normalized spacial score (nSPS) is 22.6. The van der Waals surface area contributed by atoms with E-state index >= 15 is 0 Å². The van der Waals surface area contributed by atoms with Crippen LogP contribution in [0, 0.1) is 5.92 Å². The van der Waals surface area contributed by atoms with Crippen LogP contribution in [0.25, 0.3) is 0 Å². The summed E-state index contributed by atoms with van der Waals surface area (Å²) in [5, 5.41) is 3.26. The Morgan fingerprint density at radius 3 is 2.21 bits per heavy atom. The maximum Gasteiger partial charge on any atom is 0.323 e. The molecular formula is C22H33NO5. The van der Waals surface area contributed by atoms with Gasteiger partial charge in [0.2, 0.25) is 0 Å². The van der Waals surface area contributed by atoms with E-state index in [-0.39, 0.29) is 30.2 Å². The maximum absolute atomic E-state index is 12.8. The van der Waals surface area contributed by atoms with Crippen LogP contribution in [0.1, 0.15) is 59.4 Å². The monoisotopic (exact) mass is 391 g/mol. The molecule has 3 atom stereocenters. The Balaban J connectivity index is 2.31. The summed E-state index contributed by atoms with van der Waals surface area (Å²) in [6.07, 6.45) is 0.122. The molecule has 6 nitrogen and oxygen atoms in total. The molecule has 1 aliphatic rings. The molecule has 1 saturated heterocycles. The minimum absolute atomic E-state index is 0.0683. The number of benzene rings is 1. The molecule has 0 unspecified atom stereocenters. The fraction of sp³-hybridized carbons (Fsp3) is 0.636. The molecule has 1 N–H and O–H groups in total. The van der Waals surface area contributed by atoms with Crippen molar-refractivity contribution < 1.29 is 23.8 Å². The van der Waals surface area contributed by atoms with Gasteiger partial charge in [0.15, 0.2) is 0 Å². The highest BCUT2D eigenvalue weighted by Gasteiger charge is 2.45. The summed E-state index contributed by atoms with van der Waals surface area (Å²) in [5.41, 5.74) is -0.209. The lowest BCUT2D eigenvalue weighted by Gasteiger charge is -2.28. The second-order valence-electron chi connectivity index (χ2n) is 9.22. The number of hydrogen-bond acceptors (Lipinski definition) is 6. The number of hydrogen-bond donors (Lipinski definition) is 1. The molecule has 6 heteroatoms. The number of carbonyl (C=O) groups excluding carboxylic acids is 2. The zero-order valence-corrected chi connectivity index (χ0v) is 18.0. The highest BCUT2D eigenvalue weighted by molar-refractivity contribution is 5.79. The molecule has 0 spiro atoms. The highest BCUT2D eigenvalue weighted by atomic mass is 16.6. The summed E-state index contributed by atoms with van der Waals surface area (Å²) in [5.74, 6) is -0.288. The summed E-state index contributed by atoms with van der Waals surface area (Å²) in [6.45, 7) is 11.6. The standard InChI is InChI=1S/C22H33NO5/c1-21(2,3)27-18(24)12-15-16(14-10-8-9-11-17(14)26-7)13-23-19(15)20(25)28-22(4,5)6/h8-11,15-16,19,23H,12-13H2,1-7H3/t15-,16+,19+/m0/s1. The number of carbonyl (C=O) groups is 2. The van der Waals surface area contributed by atoms with E-state index in [1.165, 1.54) is 0 Å². The highest BCUT2D eigenvalue weighted by Crippen LogP contribution is 2.39. The van der Waals surface area contributed by atoms with Gasteiger partial charge in [0.1, 0.15) is 23.0 Å². The maximum atomic E-state index is 12.8. The van der Waals surface area contributed by atoms with Gasteiger partial charge in [0.25, 0.3) is 0 Å². The van der Waals surface area contributed by atoms with Crippen LogP contribution < -0.4 is 10.1 Å². The Labute approximate surface area is 167 Å². The number of rotatable bonds is 5. The fourth-order valence-corrected chi connectivity index (χ4v) is 3.56. The van der Waals surface area contributed by atoms with E-state index < -0.39 is 17.2 Å². The summed E-state index contributed by atoms with van der Waals surface area (Å²) in [4.78, 5) is 25.4. The Morgan fingerprint density at radius 2 is 1.64 bits per heavy atom. The predicted molar refractivity (Wildman–Crippen MR) is 107 cm³/mol. The van der Waals surface area contributed by atoms with Crippen LogP contribution in [-0.4, -0.2) is 42.8 Å². The van der Waals surface area contributed by atoms with E-state index in [0.717, 1.165) is 11.3 Å². The average Bonchev–Trinajstić information content (AvgIpc) is 2.94. The molecule has 1 aromatic rings. The molecule has 0 aliphatic carbocycles. The first-order valence-corrected chi connectivity index (χ1v) is 9.72. The molecular weight excluding hydrogens is 358 g/mol. The zero-order chi connectivity index (χ0) is 21.1. The van der Waals surface area contributed by atoms with Crippen molar-refractivity contribution in [2.75, 3.05) is 13.7 Å². The van der Waals surface area contributed by atoms with Gasteiger partial charge in [-0.1, -0.05) is 18.2 Å². The van der Waals surface area contributed by atoms with Gasteiger partial charge in [0, 0.05) is 18.4 Å². The second kappa shape index (κ2) is 8.52. The van der Waals surface area contributed by atoms with E-state index in [9.17, 15) is 9.59 Å². The lowest BCUT2D eigenvalue weighted by Crippen LogP contribution is -2.42. The number of para-hydroxylation sites is 1. The Bertz CT molecular complexity index is 702. The van der Waals surface area contributed by atoms with Crippen molar-refractivity contribution in [3.63, 3.8) is 0 Å². The van der Waals surface area contributed by atoms with Crippen LogP contribution >= 0.6 is 0 Å². The summed E-state index contributed by atoms with van der Waals surface area (Å²) < 4.78 is 16.6. The molecule has 1 aromatic carbocycles. The molecule has 28 heavy (non-hydrogen) atoms. The Morgan fingerprint density at radius 1 is 1.04 bits per heavy atom. The van der Waals surface area contributed by atoms with E-state index in [2.05, 4.69) is 5.32 Å². The van der Waals surface area contributed by atoms with Crippen LogP contribution in [0.2, 0.25) is 0 Å². The van der Waals surface area contributed by atoms with Crippen molar-refractivity contribution in [1.82, 2.24) is 5.32 Å². The number of esters is 2. The van der Waals surface area contributed by atoms with Crippen molar-refractivity contribution in [2.24, 2.45) is 5.92 Å². The third-order valence-corrected chi connectivity index (χ3v) is 4.52. The number of methoxy groups -OCH3 is 1. The smallest absolute Gasteiger partial charge is 0.323 e.